The van der Waals surface area contributed by atoms with Crippen LogP contribution in [0.25, 0.3) is 0 Å². The number of benzene rings is 1. The Balaban J connectivity index is 2.45. The number of ether oxygens (including phenoxy) is 1. The average molecular weight is 239 g/mol. The fraction of sp³-hybridized carbons (Fsp3) is 0.273. The van der Waals surface area contributed by atoms with Crippen molar-refractivity contribution in [2.45, 2.75) is 0 Å². The van der Waals surface area contributed by atoms with Gasteiger partial charge in [-0.2, -0.15) is 0 Å². The van der Waals surface area contributed by atoms with E-state index in [0.29, 0.717) is 11.4 Å². The van der Waals surface area contributed by atoms with E-state index in [1.807, 2.05) is 0 Å². The summed E-state index contributed by atoms with van der Waals surface area (Å²) in [7, 11) is -3.20. The van der Waals surface area contributed by atoms with Gasteiger partial charge in [0.25, 0.3) is 0 Å². The highest BCUT2D eigenvalue weighted by atomic mass is 32.2. The van der Waals surface area contributed by atoms with E-state index in [4.69, 9.17) is 16.9 Å². The predicted molar refractivity (Wildman–Crippen MR) is 63.8 cm³/mol. The highest BCUT2D eigenvalue weighted by Gasteiger charge is 2.08. The molecule has 0 amide bonds. The third kappa shape index (κ3) is 4.24. The largest absolute Gasteiger partial charge is 0.492 e. The summed E-state index contributed by atoms with van der Waals surface area (Å²) in [6.45, 7) is 0.0769. The average Bonchev–Trinajstić information content (AvgIpc) is 2.17. The first-order valence-corrected chi connectivity index (χ1v) is 6.48. The van der Waals surface area contributed by atoms with Crippen molar-refractivity contribution >= 4 is 15.5 Å². The summed E-state index contributed by atoms with van der Waals surface area (Å²) >= 11 is 0. The molecule has 1 aromatic rings. The number of nitrogen functional groups attached to an aromatic ring is 1. The molecule has 4 nitrogen and oxygen atoms in total. The number of rotatable bonds is 5. The van der Waals surface area contributed by atoms with Crippen LogP contribution < -0.4 is 10.5 Å². The third-order valence-electron chi connectivity index (χ3n) is 1.82. The van der Waals surface area contributed by atoms with Crippen molar-refractivity contribution in [3.63, 3.8) is 0 Å². The summed E-state index contributed by atoms with van der Waals surface area (Å²) in [6.07, 6.45) is 4.93. The van der Waals surface area contributed by atoms with Crippen molar-refractivity contribution < 1.29 is 13.2 Å². The van der Waals surface area contributed by atoms with Gasteiger partial charge < -0.3 is 10.5 Å². The molecule has 1 rings (SSSR count). The van der Waals surface area contributed by atoms with Crippen LogP contribution in [0.2, 0.25) is 0 Å². The van der Waals surface area contributed by atoms with E-state index in [1.54, 1.807) is 24.3 Å². The lowest BCUT2D eigenvalue weighted by Crippen LogP contribution is -2.16. The SMILES string of the molecule is C#CCS(=O)(=O)CCOc1cccc(N)c1. The van der Waals surface area contributed by atoms with E-state index in [9.17, 15) is 8.42 Å². The zero-order valence-corrected chi connectivity index (χ0v) is 9.53. The van der Waals surface area contributed by atoms with Crippen molar-refractivity contribution in [1.29, 1.82) is 0 Å². The summed E-state index contributed by atoms with van der Waals surface area (Å²) in [6, 6.07) is 6.81. The molecule has 16 heavy (non-hydrogen) atoms. The molecule has 0 bridgehead atoms. The van der Waals surface area contributed by atoms with Crippen molar-refractivity contribution in [2.24, 2.45) is 0 Å². The van der Waals surface area contributed by atoms with Crippen LogP contribution in [0.1, 0.15) is 0 Å². The van der Waals surface area contributed by atoms with E-state index in [0.717, 1.165) is 0 Å². The summed E-state index contributed by atoms with van der Waals surface area (Å²) < 4.78 is 27.7. The molecule has 0 unspecified atom stereocenters. The molecule has 5 heteroatoms. The van der Waals surface area contributed by atoms with Crippen LogP contribution in [0, 0.1) is 12.3 Å². The lowest BCUT2D eigenvalue weighted by molar-refractivity contribution is 0.341. The van der Waals surface area contributed by atoms with Crippen molar-refractivity contribution in [2.75, 3.05) is 23.8 Å². The van der Waals surface area contributed by atoms with Gasteiger partial charge in [0.2, 0.25) is 0 Å². The van der Waals surface area contributed by atoms with Gasteiger partial charge in [0, 0.05) is 11.8 Å². The van der Waals surface area contributed by atoms with E-state index in [1.165, 1.54) is 0 Å². The quantitative estimate of drug-likeness (QED) is 0.606. The van der Waals surface area contributed by atoms with Gasteiger partial charge in [-0.1, -0.05) is 12.0 Å². The first-order chi connectivity index (χ1) is 7.53. The van der Waals surface area contributed by atoms with E-state index in [-0.39, 0.29) is 18.1 Å². The molecular formula is C11H13NO3S. The van der Waals surface area contributed by atoms with Crippen LogP contribution in [0.15, 0.2) is 24.3 Å². The van der Waals surface area contributed by atoms with Gasteiger partial charge in [0.05, 0.1) is 5.75 Å². The fourth-order valence-electron chi connectivity index (χ4n) is 1.09. The van der Waals surface area contributed by atoms with Crippen LogP contribution in [0.3, 0.4) is 0 Å². The molecule has 0 aromatic heterocycles. The number of hydrogen-bond donors (Lipinski definition) is 1. The normalized spacial score (nSPS) is 10.7. The zero-order chi connectivity index (χ0) is 12.0. The Bertz CT molecular complexity index is 488. The van der Waals surface area contributed by atoms with Gasteiger partial charge in [-0.3, -0.25) is 0 Å². The number of anilines is 1. The Hall–Kier alpha value is -1.67. The highest BCUT2D eigenvalue weighted by Crippen LogP contribution is 2.14. The lowest BCUT2D eigenvalue weighted by atomic mass is 10.3. The number of sulfone groups is 1. The minimum atomic E-state index is -3.20. The molecule has 0 heterocycles. The minimum absolute atomic E-state index is 0.0769. The monoisotopic (exact) mass is 239 g/mol. The molecule has 0 radical (unpaired) electrons. The topological polar surface area (TPSA) is 69.4 Å². The summed E-state index contributed by atoms with van der Waals surface area (Å²) in [5.74, 6) is 2.31. The Morgan fingerprint density at radius 3 is 2.81 bits per heavy atom. The molecule has 0 aliphatic carbocycles. The lowest BCUT2D eigenvalue weighted by Gasteiger charge is -2.06. The first-order valence-electron chi connectivity index (χ1n) is 4.66. The van der Waals surface area contributed by atoms with Crippen molar-refractivity contribution in [3.8, 4) is 18.1 Å². The molecule has 0 saturated heterocycles. The maximum absolute atomic E-state index is 11.2. The first kappa shape index (κ1) is 12.4. The number of hydrogen-bond acceptors (Lipinski definition) is 4. The van der Waals surface area contributed by atoms with E-state index < -0.39 is 9.84 Å². The Labute approximate surface area is 95.3 Å². The fourth-order valence-corrected chi connectivity index (χ4v) is 1.83. The van der Waals surface area contributed by atoms with E-state index in [2.05, 4.69) is 5.92 Å². The number of nitrogens with two attached hydrogens (primary N) is 1. The molecule has 0 fully saturated rings. The van der Waals surface area contributed by atoms with Crippen LogP contribution >= 0.6 is 0 Å². The Kier molecular flexibility index (Phi) is 4.20. The minimum Gasteiger partial charge on any atom is -0.492 e. The van der Waals surface area contributed by atoms with Gasteiger partial charge in [0.1, 0.15) is 18.1 Å². The molecular weight excluding hydrogens is 226 g/mol. The zero-order valence-electron chi connectivity index (χ0n) is 8.72. The van der Waals surface area contributed by atoms with Gasteiger partial charge in [0.15, 0.2) is 9.84 Å². The molecule has 0 saturated carbocycles. The highest BCUT2D eigenvalue weighted by molar-refractivity contribution is 7.91. The maximum Gasteiger partial charge on any atom is 0.164 e. The Morgan fingerprint density at radius 2 is 2.19 bits per heavy atom. The number of terminal acetylenes is 1. The van der Waals surface area contributed by atoms with Gasteiger partial charge in [-0.05, 0) is 12.1 Å². The standard InChI is InChI=1S/C11H13NO3S/c1-2-7-16(13,14)8-6-15-11-5-3-4-10(12)9-11/h1,3-5,9H,6-8,12H2. The second-order valence-electron chi connectivity index (χ2n) is 3.22. The summed E-state index contributed by atoms with van der Waals surface area (Å²) in [5, 5.41) is 0. The van der Waals surface area contributed by atoms with Crippen LogP contribution in [-0.4, -0.2) is 26.5 Å². The maximum atomic E-state index is 11.2. The second-order valence-corrected chi connectivity index (χ2v) is 5.40. The van der Waals surface area contributed by atoms with E-state index >= 15 is 0 Å². The smallest absolute Gasteiger partial charge is 0.164 e. The molecule has 1 aromatic carbocycles. The van der Waals surface area contributed by atoms with Gasteiger partial charge in [-0.15, -0.1) is 6.42 Å². The molecule has 0 aliphatic heterocycles. The summed E-state index contributed by atoms with van der Waals surface area (Å²) in [4.78, 5) is 0. The van der Waals surface area contributed by atoms with Gasteiger partial charge in [-0.25, -0.2) is 8.42 Å². The van der Waals surface area contributed by atoms with Gasteiger partial charge >= 0.3 is 0 Å². The van der Waals surface area contributed by atoms with Crippen LogP contribution in [0.4, 0.5) is 5.69 Å². The molecule has 0 aliphatic rings. The van der Waals surface area contributed by atoms with Crippen molar-refractivity contribution in [1.82, 2.24) is 0 Å². The van der Waals surface area contributed by atoms with Crippen molar-refractivity contribution in [3.05, 3.63) is 24.3 Å². The third-order valence-corrected chi connectivity index (χ3v) is 3.22. The second kappa shape index (κ2) is 5.42. The molecule has 0 spiro atoms. The Morgan fingerprint density at radius 1 is 1.44 bits per heavy atom. The van der Waals surface area contributed by atoms with Crippen LogP contribution in [-0.2, 0) is 9.84 Å². The van der Waals surface area contributed by atoms with Crippen LogP contribution in [0.5, 0.6) is 5.75 Å². The molecule has 0 atom stereocenters. The predicted octanol–water partition coefficient (Wildman–Crippen LogP) is 0.696. The summed E-state index contributed by atoms with van der Waals surface area (Å²) in [5.41, 5.74) is 6.11. The molecule has 86 valence electrons. The molecule has 2 N–H and O–H groups in total.